The second kappa shape index (κ2) is 11.1. The van der Waals surface area contributed by atoms with Crippen molar-refractivity contribution in [2.75, 3.05) is 18.4 Å². The lowest BCUT2D eigenvalue weighted by Gasteiger charge is -2.27. The summed E-state index contributed by atoms with van der Waals surface area (Å²) in [6.07, 6.45) is 2.56. The first-order chi connectivity index (χ1) is 17.8. The average molecular weight is 509 g/mol. The molecule has 1 fully saturated rings. The molecule has 2 aromatic rings. The largest absolute Gasteiger partial charge is 0.504 e. The molecule has 11 heteroatoms. The quantitative estimate of drug-likeness (QED) is 0.183. The molecule has 5 amide bonds. The number of imide groups is 2. The van der Waals surface area contributed by atoms with Gasteiger partial charge in [0.2, 0.25) is 17.7 Å². The Balaban J connectivity index is 1.22. The fraction of sp³-hybridized carbons (Fsp3) is 0.346. The normalized spacial score (nSPS) is 17.0. The van der Waals surface area contributed by atoms with Crippen LogP contribution in [0.3, 0.4) is 0 Å². The Bertz CT molecular complexity index is 1260. The van der Waals surface area contributed by atoms with E-state index < -0.39 is 29.7 Å². The number of piperidine rings is 1. The molecule has 1 saturated heterocycles. The first kappa shape index (κ1) is 25.7. The monoisotopic (exact) mass is 508 g/mol. The van der Waals surface area contributed by atoms with Gasteiger partial charge in [-0.05, 0) is 55.5 Å². The van der Waals surface area contributed by atoms with Gasteiger partial charge in [0.1, 0.15) is 6.04 Å². The minimum Gasteiger partial charge on any atom is -0.504 e. The number of anilines is 1. The van der Waals surface area contributed by atoms with E-state index in [2.05, 4.69) is 16.0 Å². The van der Waals surface area contributed by atoms with Crippen molar-refractivity contribution in [2.45, 2.75) is 44.6 Å². The molecular formula is C26H28N4O7. The van der Waals surface area contributed by atoms with Gasteiger partial charge in [-0.1, -0.05) is 12.1 Å². The molecule has 2 heterocycles. The second-order valence-corrected chi connectivity index (χ2v) is 9.01. The van der Waals surface area contributed by atoms with Crippen molar-refractivity contribution >= 4 is 35.2 Å². The highest BCUT2D eigenvalue weighted by molar-refractivity contribution is 6.25. The molecule has 5 N–H and O–H groups in total. The number of carbonyl (C=O) groups is 5. The van der Waals surface area contributed by atoms with E-state index in [0.29, 0.717) is 24.3 Å². The summed E-state index contributed by atoms with van der Waals surface area (Å²) in [5.74, 6) is -2.85. The summed E-state index contributed by atoms with van der Waals surface area (Å²) in [5, 5.41) is 27.0. The molecule has 194 valence electrons. The third kappa shape index (κ3) is 5.71. The summed E-state index contributed by atoms with van der Waals surface area (Å²) < 4.78 is 0. The number of hydrogen-bond donors (Lipinski definition) is 5. The minimum atomic E-state index is -1.01. The summed E-state index contributed by atoms with van der Waals surface area (Å²) in [6.45, 7) is 1.02. The number of phenols is 2. The van der Waals surface area contributed by atoms with Crippen molar-refractivity contribution in [3.63, 3.8) is 0 Å². The number of nitrogens with zero attached hydrogens (tertiary/aromatic N) is 1. The fourth-order valence-corrected chi connectivity index (χ4v) is 4.47. The van der Waals surface area contributed by atoms with Crippen LogP contribution >= 0.6 is 0 Å². The summed E-state index contributed by atoms with van der Waals surface area (Å²) in [4.78, 5) is 62.7. The first-order valence-electron chi connectivity index (χ1n) is 12.1. The predicted octanol–water partition coefficient (Wildman–Crippen LogP) is 1.44. The van der Waals surface area contributed by atoms with E-state index in [1.165, 1.54) is 12.1 Å². The first-order valence-corrected chi connectivity index (χ1v) is 12.1. The Morgan fingerprint density at radius 3 is 2.51 bits per heavy atom. The molecule has 0 bridgehead atoms. The van der Waals surface area contributed by atoms with E-state index in [1.807, 2.05) is 0 Å². The lowest BCUT2D eigenvalue weighted by atomic mass is 10.0. The number of amides is 5. The molecule has 2 aromatic carbocycles. The molecule has 0 aromatic heterocycles. The van der Waals surface area contributed by atoms with E-state index in [0.717, 1.165) is 24.2 Å². The number of hydrogen-bond acceptors (Lipinski definition) is 8. The van der Waals surface area contributed by atoms with Gasteiger partial charge in [0, 0.05) is 25.2 Å². The van der Waals surface area contributed by atoms with Crippen molar-refractivity contribution in [3.8, 4) is 11.5 Å². The average Bonchev–Trinajstić information content (AvgIpc) is 3.11. The highest BCUT2D eigenvalue weighted by atomic mass is 16.3. The maximum Gasteiger partial charge on any atom is 0.264 e. The number of carbonyl (C=O) groups excluding carboxylic acids is 5. The number of unbranched alkanes of at least 4 members (excludes halogenated alkanes) is 2. The third-order valence-corrected chi connectivity index (χ3v) is 6.36. The third-order valence-electron chi connectivity index (χ3n) is 6.36. The maximum absolute atomic E-state index is 13.1. The Kier molecular flexibility index (Phi) is 7.71. The van der Waals surface area contributed by atoms with Gasteiger partial charge in [-0.2, -0.15) is 0 Å². The summed E-state index contributed by atoms with van der Waals surface area (Å²) in [6, 6.07) is 8.18. The summed E-state index contributed by atoms with van der Waals surface area (Å²) in [7, 11) is 0. The van der Waals surface area contributed by atoms with Crippen LogP contribution in [0.25, 0.3) is 0 Å². The highest BCUT2D eigenvalue weighted by Crippen LogP contribution is 2.32. The summed E-state index contributed by atoms with van der Waals surface area (Å²) >= 11 is 0. The highest BCUT2D eigenvalue weighted by Gasteiger charge is 2.45. The molecule has 0 spiro atoms. The molecular weight excluding hydrogens is 480 g/mol. The van der Waals surface area contributed by atoms with Crippen LogP contribution < -0.4 is 16.0 Å². The smallest absolute Gasteiger partial charge is 0.264 e. The molecule has 0 saturated carbocycles. The van der Waals surface area contributed by atoms with E-state index in [9.17, 15) is 34.2 Å². The number of rotatable bonds is 10. The van der Waals surface area contributed by atoms with Crippen molar-refractivity contribution in [2.24, 2.45) is 0 Å². The number of phenolic OH excluding ortho intramolecular Hbond substituents is 2. The zero-order valence-electron chi connectivity index (χ0n) is 20.1. The number of benzene rings is 2. The molecule has 2 aliphatic heterocycles. The SMILES string of the molecule is O=C(Cc1ccc(O)c(O)c1)NCCCCCNc1cccc2c1C(=O)N(C1CCC(=O)NC1=O)C2=O. The van der Waals surface area contributed by atoms with Gasteiger partial charge in [-0.15, -0.1) is 0 Å². The lowest BCUT2D eigenvalue weighted by Crippen LogP contribution is -2.54. The Morgan fingerprint density at radius 1 is 0.973 bits per heavy atom. The van der Waals surface area contributed by atoms with Crippen molar-refractivity contribution in [1.82, 2.24) is 15.5 Å². The van der Waals surface area contributed by atoms with E-state index in [4.69, 9.17) is 0 Å². The van der Waals surface area contributed by atoms with Crippen LogP contribution in [0.2, 0.25) is 0 Å². The zero-order valence-corrected chi connectivity index (χ0v) is 20.1. The van der Waals surface area contributed by atoms with Crippen LogP contribution in [0.5, 0.6) is 11.5 Å². The molecule has 11 nitrogen and oxygen atoms in total. The van der Waals surface area contributed by atoms with Gasteiger partial charge in [0.05, 0.1) is 17.5 Å². The van der Waals surface area contributed by atoms with E-state index in [-0.39, 0.29) is 47.8 Å². The van der Waals surface area contributed by atoms with Gasteiger partial charge in [-0.3, -0.25) is 34.2 Å². The van der Waals surface area contributed by atoms with Gasteiger partial charge >= 0.3 is 0 Å². The fourth-order valence-electron chi connectivity index (χ4n) is 4.47. The van der Waals surface area contributed by atoms with Crippen LogP contribution in [0, 0.1) is 0 Å². The molecule has 2 aliphatic rings. The van der Waals surface area contributed by atoms with Crippen LogP contribution in [-0.2, 0) is 20.8 Å². The van der Waals surface area contributed by atoms with Crippen LogP contribution in [0.4, 0.5) is 5.69 Å². The number of fused-ring (bicyclic) bond motifs is 1. The van der Waals surface area contributed by atoms with E-state index >= 15 is 0 Å². The van der Waals surface area contributed by atoms with Crippen LogP contribution in [0.15, 0.2) is 36.4 Å². The Hall–Kier alpha value is -4.41. The molecule has 0 radical (unpaired) electrons. The summed E-state index contributed by atoms with van der Waals surface area (Å²) in [5.41, 5.74) is 1.56. The molecule has 0 aliphatic carbocycles. The molecule has 1 unspecified atom stereocenters. The minimum absolute atomic E-state index is 0.0653. The molecule has 37 heavy (non-hydrogen) atoms. The number of aromatic hydroxyl groups is 2. The maximum atomic E-state index is 13.1. The predicted molar refractivity (Wildman–Crippen MR) is 132 cm³/mol. The van der Waals surface area contributed by atoms with Gasteiger partial charge in [-0.25, -0.2) is 0 Å². The van der Waals surface area contributed by atoms with Gasteiger partial charge < -0.3 is 20.8 Å². The number of nitrogens with one attached hydrogen (secondary N) is 3. The lowest BCUT2D eigenvalue weighted by molar-refractivity contribution is -0.136. The Morgan fingerprint density at radius 2 is 1.76 bits per heavy atom. The van der Waals surface area contributed by atoms with Crippen LogP contribution in [-0.4, -0.2) is 63.8 Å². The zero-order chi connectivity index (χ0) is 26.5. The van der Waals surface area contributed by atoms with Crippen molar-refractivity contribution < 1.29 is 34.2 Å². The van der Waals surface area contributed by atoms with Crippen molar-refractivity contribution in [3.05, 3.63) is 53.1 Å². The van der Waals surface area contributed by atoms with Crippen LogP contribution in [0.1, 0.15) is 58.4 Å². The van der Waals surface area contributed by atoms with Crippen molar-refractivity contribution in [1.29, 1.82) is 0 Å². The van der Waals surface area contributed by atoms with Gasteiger partial charge in [0.15, 0.2) is 11.5 Å². The molecule has 1 atom stereocenters. The van der Waals surface area contributed by atoms with E-state index in [1.54, 1.807) is 24.3 Å². The van der Waals surface area contributed by atoms with Gasteiger partial charge in [0.25, 0.3) is 11.8 Å². The topological polar surface area (TPSA) is 165 Å². The molecule has 4 rings (SSSR count). The standard InChI is InChI=1S/C26H28N4O7/c31-19-9-7-15(13-20(19)32)14-22(34)28-12-3-1-2-11-27-17-6-4-5-16-23(17)26(37)30(25(16)36)18-8-10-21(33)29-24(18)35/h4-7,9,13,18,27,31-32H,1-3,8,10-12,14H2,(H,28,34)(H,29,33,35). The Labute approximate surface area is 212 Å². The second-order valence-electron chi connectivity index (χ2n) is 9.01.